The number of fused-ring (bicyclic) bond motifs is 1. The molecule has 0 heterocycles. The number of halogens is 1. The Kier molecular flexibility index (Phi) is 2.66. The average Bonchev–Trinajstić information content (AvgIpc) is 2.26. The summed E-state index contributed by atoms with van der Waals surface area (Å²) in [6.07, 6.45) is 5.48. The third-order valence-electron chi connectivity index (χ3n) is 2.75. The van der Waals surface area contributed by atoms with Crippen LogP contribution in [0.1, 0.15) is 30.9 Å². The van der Waals surface area contributed by atoms with Crippen molar-refractivity contribution in [2.45, 2.75) is 19.8 Å². The zero-order valence-corrected chi connectivity index (χ0v) is 9.42. The molecule has 0 saturated heterocycles. The van der Waals surface area contributed by atoms with E-state index in [2.05, 4.69) is 5.92 Å². The van der Waals surface area contributed by atoms with Crippen molar-refractivity contribution in [3.63, 3.8) is 0 Å². The van der Waals surface area contributed by atoms with Crippen LogP contribution in [0.25, 0.3) is 10.8 Å². The highest BCUT2D eigenvalue weighted by Gasteiger charge is 2.10. The predicted octanol–water partition coefficient (Wildman–Crippen LogP) is 4.08. The van der Waals surface area contributed by atoms with Gasteiger partial charge >= 0.3 is 0 Å². The number of hydrogen-bond donors (Lipinski definition) is 0. The Morgan fingerprint density at radius 3 is 2.62 bits per heavy atom. The van der Waals surface area contributed by atoms with Gasteiger partial charge in [-0.05, 0) is 35.1 Å². The summed E-state index contributed by atoms with van der Waals surface area (Å²) >= 11 is 0. The lowest BCUT2D eigenvalue weighted by atomic mass is 9.93. The molecule has 0 spiro atoms. The van der Waals surface area contributed by atoms with Gasteiger partial charge < -0.3 is 0 Å². The lowest BCUT2D eigenvalue weighted by Crippen LogP contribution is -1.94. The lowest BCUT2D eigenvalue weighted by Gasteiger charge is -2.12. The number of benzene rings is 2. The predicted molar refractivity (Wildman–Crippen MR) is 65.9 cm³/mol. The monoisotopic (exact) mass is 212 g/mol. The molecule has 80 valence electrons. The summed E-state index contributed by atoms with van der Waals surface area (Å²) < 4.78 is 13.4. The molecule has 0 fully saturated rings. The van der Waals surface area contributed by atoms with Crippen LogP contribution in [0.4, 0.5) is 4.39 Å². The molecule has 0 unspecified atom stereocenters. The SMILES string of the molecule is C#Cc1cccc2cc(F)cc(C(C)C)c12. The fourth-order valence-corrected chi connectivity index (χ4v) is 2.00. The Morgan fingerprint density at radius 2 is 2.00 bits per heavy atom. The summed E-state index contributed by atoms with van der Waals surface area (Å²) in [5.41, 5.74) is 1.81. The highest BCUT2D eigenvalue weighted by Crippen LogP contribution is 2.29. The molecule has 0 aliphatic rings. The summed E-state index contributed by atoms with van der Waals surface area (Å²) in [6, 6.07) is 8.76. The molecule has 0 radical (unpaired) electrons. The minimum absolute atomic E-state index is 0.203. The van der Waals surface area contributed by atoms with Crippen molar-refractivity contribution in [2.24, 2.45) is 0 Å². The molecule has 0 amide bonds. The van der Waals surface area contributed by atoms with Gasteiger partial charge in [0.2, 0.25) is 0 Å². The van der Waals surface area contributed by atoms with E-state index < -0.39 is 0 Å². The van der Waals surface area contributed by atoms with Gasteiger partial charge in [0.15, 0.2) is 0 Å². The van der Waals surface area contributed by atoms with Gasteiger partial charge in [0.25, 0.3) is 0 Å². The summed E-state index contributed by atoms with van der Waals surface area (Å²) in [7, 11) is 0. The normalized spacial score (nSPS) is 10.7. The van der Waals surface area contributed by atoms with Crippen molar-refractivity contribution in [1.82, 2.24) is 0 Å². The van der Waals surface area contributed by atoms with Gasteiger partial charge in [-0.2, -0.15) is 0 Å². The molecular formula is C15H13F. The van der Waals surface area contributed by atoms with Crippen molar-refractivity contribution < 1.29 is 4.39 Å². The zero-order valence-electron chi connectivity index (χ0n) is 9.42. The minimum atomic E-state index is -0.203. The molecule has 0 bridgehead atoms. The first-order valence-electron chi connectivity index (χ1n) is 5.32. The Bertz CT molecular complexity index is 574. The summed E-state index contributed by atoms with van der Waals surface area (Å²) in [5.74, 6) is 2.72. The van der Waals surface area contributed by atoms with Crippen LogP contribution in [0.15, 0.2) is 30.3 Å². The smallest absolute Gasteiger partial charge is 0.124 e. The lowest BCUT2D eigenvalue weighted by molar-refractivity contribution is 0.626. The molecule has 1 heteroatoms. The van der Waals surface area contributed by atoms with Gasteiger partial charge in [-0.15, -0.1) is 6.42 Å². The van der Waals surface area contributed by atoms with E-state index in [9.17, 15) is 4.39 Å². The number of terminal acetylenes is 1. The minimum Gasteiger partial charge on any atom is -0.207 e. The Morgan fingerprint density at radius 1 is 1.25 bits per heavy atom. The van der Waals surface area contributed by atoms with E-state index in [1.165, 1.54) is 6.07 Å². The second-order valence-corrected chi connectivity index (χ2v) is 4.20. The molecule has 2 aromatic carbocycles. The van der Waals surface area contributed by atoms with Crippen LogP contribution < -0.4 is 0 Å². The summed E-state index contributed by atoms with van der Waals surface area (Å²) in [4.78, 5) is 0. The van der Waals surface area contributed by atoms with Crippen molar-refractivity contribution in [3.05, 3.63) is 47.3 Å². The van der Waals surface area contributed by atoms with Crippen molar-refractivity contribution in [3.8, 4) is 12.3 Å². The van der Waals surface area contributed by atoms with E-state index in [1.54, 1.807) is 6.07 Å². The van der Waals surface area contributed by atoms with Crippen LogP contribution in [-0.2, 0) is 0 Å². The molecule has 0 saturated carbocycles. The molecule has 0 aliphatic carbocycles. The van der Waals surface area contributed by atoms with Crippen molar-refractivity contribution in [2.75, 3.05) is 0 Å². The fourth-order valence-electron chi connectivity index (χ4n) is 2.00. The third-order valence-corrected chi connectivity index (χ3v) is 2.75. The van der Waals surface area contributed by atoms with Gasteiger partial charge in [-0.3, -0.25) is 0 Å². The van der Waals surface area contributed by atoms with Gasteiger partial charge in [0.1, 0.15) is 5.82 Å². The van der Waals surface area contributed by atoms with E-state index in [4.69, 9.17) is 6.42 Å². The van der Waals surface area contributed by atoms with Gasteiger partial charge in [-0.25, -0.2) is 4.39 Å². The maximum Gasteiger partial charge on any atom is 0.124 e. The topological polar surface area (TPSA) is 0 Å². The van der Waals surface area contributed by atoms with Gasteiger partial charge in [0, 0.05) is 10.9 Å². The molecule has 0 nitrogen and oxygen atoms in total. The zero-order chi connectivity index (χ0) is 11.7. The molecule has 0 N–H and O–H groups in total. The molecule has 16 heavy (non-hydrogen) atoms. The Labute approximate surface area is 95.1 Å². The standard InChI is InChI=1S/C15H13F/c1-4-11-6-5-7-12-8-13(16)9-14(10(2)3)15(11)12/h1,5-10H,2-3H3. The average molecular weight is 212 g/mol. The molecule has 2 aromatic rings. The van der Waals surface area contributed by atoms with Crippen LogP contribution in [0.5, 0.6) is 0 Å². The highest BCUT2D eigenvalue weighted by molar-refractivity contribution is 5.91. The quantitative estimate of drug-likeness (QED) is 0.625. The second kappa shape index (κ2) is 3.98. The number of hydrogen-bond acceptors (Lipinski definition) is 0. The van der Waals surface area contributed by atoms with Crippen LogP contribution >= 0.6 is 0 Å². The largest absolute Gasteiger partial charge is 0.207 e. The van der Waals surface area contributed by atoms with Crippen LogP contribution in [0, 0.1) is 18.2 Å². The van der Waals surface area contributed by atoms with E-state index >= 15 is 0 Å². The van der Waals surface area contributed by atoms with E-state index in [-0.39, 0.29) is 11.7 Å². The summed E-state index contributed by atoms with van der Waals surface area (Å²) in [5, 5.41) is 1.88. The van der Waals surface area contributed by atoms with Gasteiger partial charge in [0.05, 0.1) is 0 Å². The van der Waals surface area contributed by atoms with Crippen LogP contribution in [0.2, 0.25) is 0 Å². The summed E-state index contributed by atoms with van der Waals surface area (Å²) in [6.45, 7) is 4.09. The molecule has 0 aromatic heterocycles. The highest BCUT2D eigenvalue weighted by atomic mass is 19.1. The maximum atomic E-state index is 13.4. The maximum absolute atomic E-state index is 13.4. The molecule has 0 atom stereocenters. The van der Waals surface area contributed by atoms with E-state index in [1.807, 2.05) is 32.0 Å². The second-order valence-electron chi connectivity index (χ2n) is 4.20. The molecule has 0 aliphatic heterocycles. The van der Waals surface area contributed by atoms with Crippen molar-refractivity contribution in [1.29, 1.82) is 0 Å². The first kappa shape index (κ1) is 10.7. The number of rotatable bonds is 1. The Hall–Kier alpha value is -1.81. The van der Waals surface area contributed by atoms with E-state index in [0.717, 1.165) is 21.9 Å². The van der Waals surface area contributed by atoms with Crippen LogP contribution in [-0.4, -0.2) is 0 Å². The van der Waals surface area contributed by atoms with Crippen LogP contribution in [0.3, 0.4) is 0 Å². The van der Waals surface area contributed by atoms with E-state index in [0.29, 0.717) is 0 Å². The molecule has 2 rings (SSSR count). The van der Waals surface area contributed by atoms with Gasteiger partial charge in [-0.1, -0.05) is 31.9 Å². The third kappa shape index (κ3) is 1.67. The first-order chi connectivity index (χ1) is 7.63. The molecular weight excluding hydrogens is 199 g/mol. The fraction of sp³-hybridized carbons (Fsp3) is 0.200. The van der Waals surface area contributed by atoms with Crippen molar-refractivity contribution >= 4 is 10.8 Å². The first-order valence-corrected chi connectivity index (χ1v) is 5.32. The Balaban J connectivity index is 2.92.